The number of ether oxygens (including phenoxy) is 1. The van der Waals surface area contributed by atoms with Gasteiger partial charge in [0, 0.05) is 10.1 Å². The maximum Gasteiger partial charge on any atom is 0.494 e. The summed E-state index contributed by atoms with van der Waals surface area (Å²) in [5, 5.41) is 0.591. The molecule has 1 aliphatic heterocycles. The number of thioether (sulfide) groups is 1. The van der Waals surface area contributed by atoms with Crippen LogP contribution >= 0.6 is 11.8 Å². The third-order valence-electron chi connectivity index (χ3n) is 6.42. The molecule has 0 radical (unpaired) electrons. The summed E-state index contributed by atoms with van der Waals surface area (Å²) in [5.74, 6) is -0.193. The lowest BCUT2D eigenvalue weighted by Crippen LogP contribution is -2.41. The molecule has 0 aromatic heterocycles. The van der Waals surface area contributed by atoms with Crippen LogP contribution in [0.15, 0.2) is 23.1 Å². The quantitative estimate of drug-likeness (QED) is 0.555. The summed E-state index contributed by atoms with van der Waals surface area (Å²) in [6, 6.07) is 5.91. The van der Waals surface area contributed by atoms with Crippen molar-refractivity contribution in [2.45, 2.75) is 93.7 Å². The number of benzene rings is 1. The Morgan fingerprint density at radius 3 is 2.22 bits per heavy atom. The van der Waals surface area contributed by atoms with Crippen LogP contribution in [-0.4, -0.2) is 35.6 Å². The van der Waals surface area contributed by atoms with E-state index in [1.807, 2.05) is 12.1 Å². The van der Waals surface area contributed by atoms with E-state index in [1.54, 1.807) is 11.8 Å². The zero-order valence-electron chi connectivity index (χ0n) is 16.7. The molecule has 4 nitrogen and oxygen atoms in total. The van der Waals surface area contributed by atoms with Crippen molar-refractivity contribution in [1.82, 2.24) is 0 Å². The van der Waals surface area contributed by atoms with Crippen molar-refractivity contribution in [3.05, 3.63) is 23.8 Å². The molecule has 2 saturated carbocycles. The van der Waals surface area contributed by atoms with Crippen molar-refractivity contribution in [3.8, 4) is 0 Å². The van der Waals surface area contributed by atoms with E-state index in [0.29, 0.717) is 10.8 Å². The fourth-order valence-corrected chi connectivity index (χ4v) is 4.71. The van der Waals surface area contributed by atoms with E-state index < -0.39 is 7.12 Å². The fraction of sp³-hybridized carbons (Fsp3) is 0.667. The highest BCUT2D eigenvalue weighted by molar-refractivity contribution is 8.00. The lowest BCUT2D eigenvalue weighted by atomic mass is 9.79. The molecule has 1 aromatic rings. The number of hydrogen-bond donors (Lipinski definition) is 0. The minimum absolute atomic E-state index is 0.0989. The van der Waals surface area contributed by atoms with Gasteiger partial charge in [-0.25, -0.2) is 4.79 Å². The van der Waals surface area contributed by atoms with Gasteiger partial charge in [-0.3, -0.25) is 0 Å². The summed E-state index contributed by atoms with van der Waals surface area (Å²) in [7, 11) is -0.410. The van der Waals surface area contributed by atoms with E-state index in [-0.39, 0.29) is 23.3 Å². The van der Waals surface area contributed by atoms with E-state index in [2.05, 4.69) is 33.8 Å². The van der Waals surface area contributed by atoms with Gasteiger partial charge in [-0.2, -0.15) is 0 Å². The number of carbonyl (C=O) groups excluding carboxylic acids is 1. The number of hydrogen-bond acceptors (Lipinski definition) is 5. The summed E-state index contributed by atoms with van der Waals surface area (Å²) in [5.41, 5.74) is 0.899. The third kappa shape index (κ3) is 3.81. The predicted molar refractivity (Wildman–Crippen MR) is 109 cm³/mol. The van der Waals surface area contributed by atoms with Gasteiger partial charge < -0.3 is 14.0 Å². The molecule has 2 aliphatic carbocycles. The Hall–Kier alpha value is -0.975. The van der Waals surface area contributed by atoms with Crippen molar-refractivity contribution < 1.29 is 18.8 Å². The zero-order chi connectivity index (χ0) is 19.2. The first-order valence-corrected chi connectivity index (χ1v) is 11.0. The summed E-state index contributed by atoms with van der Waals surface area (Å²) in [4.78, 5) is 13.7. The van der Waals surface area contributed by atoms with Gasteiger partial charge in [0.15, 0.2) is 0 Å². The van der Waals surface area contributed by atoms with E-state index in [9.17, 15) is 4.79 Å². The van der Waals surface area contributed by atoms with Crippen LogP contribution in [0.3, 0.4) is 0 Å². The molecule has 3 aliphatic rings. The van der Waals surface area contributed by atoms with Gasteiger partial charge in [0.25, 0.3) is 0 Å². The molecular weight excluding hydrogens is 359 g/mol. The van der Waals surface area contributed by atoms with Gasteiger partial charge in [-0.1, -0.05) is 12.5 Å². The molecule has 4 rings (SSSR count). The van der Waals surface area contributed by atoms with Gasteiger partial charge >= 0.3 is 13.1 Å². The van der Waals surface area contributed by atoms with Crippen LogP contribution in [0, 0.1) is 0 Å². The maximum atomic E-state index is 12.7. The molecule has 0 unspecified atom stereocenters. The molecule has 27 heavy (non-hydrogen) atoms. The molecule has 1 saturated heterocycles. The Labute approximate surface area is 166 Å². The van der Waals surface area contributed by atoms with Crippen LogP contribution < -0.4 is 5.46 Å². The minimum atomic E-state index is -0.410. The lowest BCUT2D eigenvalue weighted by molar-refractivity contribution is 0.00578. The van der Waals surface area contributed by atoms with E-state index >= 15 is 0 Å². The van der Waals surface area contributed by atoms with Gasteiger partial charge in [0.05, 0.1) is 16.8 Å². The van der Waals surface area contributed by atoms with Gasteiger partial charge in [-0.15, -0.1) is 11.8 Å². The molecule has 0 atom stereocenters. The Kier molecular flexibility index (Phi) is 5.11. The smallest absolute Gasteiger partial charge is 0.459 e. The highest BCUT2D eigenvalue weighted by atomic mass is 32.2. The van der Waals surface area contributed by atoms with Crippen LogP contribution in [0.4, 0.5) is 0 Å². The first-order chi connectivity index (χ1) is 12.7. The Morgan fingerprint density at radius 1 is 1.07 bits per heavy atom. The molecule has 6 heteroatoms. The second-order valence-corrected chi connectivity index (χ2v) is 10.3. The predicted octanol–water partition coefficient (Wildman–Crippen LogP) is 4.34. The number of rotatable bonds is 5. The van der Waals surface area contributed by atoms with Crippen molar-refractivity contribution in [3.63, 3.8) is 0 Å². The standard InChI is InChI=1S/C21H29BO4S/c1-20(2)21(3,4)26-22(25-20)14-11-12-17(19(23)24-15-7-5-8-15)18(13-14)27-16-9-6-10-16/h11-13,15-16H,5-10H2,1-4H3. The maximum absolute atomic E-state index is 12.7. The summed E-state index contributed by atoms with van der Waals surface area (Å²) >= 11 is 1.80. The molecule has 0 amide bonds. The molecule has 3 fully saturated rings. The number of carbonyl (C=O) groups is 1. The number of esters is 1. The van der Waals surface area contributed by atoms with Crippen molar-refractivity contribution in [2.75, 3.05) is 0 Å². The van der Waals surface area contributed by atoms with Crippen molar-refractivity contribution >= 4 is 30.3 Å². The molecule has 0 spiro atoms. The first kappa shape index (κ1) is 19.3. The third-order valence-corrected chi connectivity index (χ3v) is 7.82. The van der Waals surface area contributed by atoms with E-state index in [0.717, 1.165) is 29.6 Å². The van der Waals surface area contributed by atoms with Crippen LogP contribution in [0.2, 0.25) is 0 Å². The van der Waals surface area contributed by atoms with Gasteiger partial charge in [0.2, 0.25) is 0 Å². The minimum Gasteiger partial charge on any atom is -0.459 e. The average molecular weight is 388 g/mol. The Bertz CT molecular complexity index is 709. The highest BCUT2D eigenvalue weighted by Gasteiger charge is 2.51. The first-order valence-electron chi connectivity index (χ1n) is 10.1. The summed E-state index contributed by atoms with van der Waals surface area (Å²) in [6.07, 6.45) is 6.93. The van der Waals surface area contributed by atoms with Crippen molar-refractivity contribution in [2.24, 2.45) is 0 Å². The van der Waals surface area contributed by atoms with E-state index in [1.165, 1.54) is 19.3 Å². The SMILES string of the molecule is CC1(C)OB(c2ccc(C(=O)OC3CCC3)c(SC3CCC3)c2)OC1(C)C. The monoisotopic (exact) mass is 388 g/mol. The zero-order valence-corrected chi connectivity index (χ0v) is 17.6. The van der Waals surface area contributed by atoms with Crippen molar-refractivity contribution in [1.29, 1.82) is 0 Å². The molecule has 1 heterocycles. The normalized spacial score (nSPS) is 24.4. The van der Waals surface area contributed by atoms with Gasteiger partial charge in [0.1, 0.15) is 6.10 Å². The van der Waals surface area contributed by atoms with Crippen LogP contribution in [0.1, 0.15) is 76.6 Å². The Morgan fingerprint density at radius 2 is 1.70 bits per heavy atom. The van der Waals surface area contributed by atoms with E-state index in [4.69, 9.17) is 14.0 Å². The largest absolute Gasteiger partial charge is 0.494 e. The topological polar surface area (TPSA) is 44.8 Å². The molecule has 146 valence electrons. The molecular formula is C21H29BO4S. The Balaban J connectivity index is 1.58. The highest BCUT2D eigenvalue weighted by Crippen LogP contribution is 2.40. The van der Waals surface area contributed by atoms with Gasteiger partial charge in [-0.05, 0) is 77.4 Å². The molecule has 0 bridgehead atoms. The molecule has 1 aromatic carbocycles. The summed E-state index contributed by atoms with van der Waals surface area (Å²) < 4.78 is 18.1. The van der Waals surface area contributed by atoms with Crippen LogP contribution in [0.5, 0.6) is 0 Å². The lowest BCUT2D eigenvalue weighted by Gasteiger charge is -2.32. The molecule has 0 N–H and O–H groups in total. The average Bonchev–Trinajstić information content (AvgIpc) is 2.74. The van der Waals surface area contributed by atoms with Crippen LogP contribution in [0.25, 0.3) is 0 Å². The fourth-order valence-electron chi connectivity index (χ4n) is 3.30. The summed E-state index contributed by atoms with van der Waals surface area (Å²) in [6.45, 7) is 8.23. The second-order valence-electron chi connectivity index (χ2n) is 8.97. The second kappa shape index (κ2) is 7.13. The van der Waals surface area contributed by atoms with Crippen LogP contribution in [-0.2, 0) is 14.0 Å².